The molecule has 0 amide bonds. The average Bonchev–Trinajstić information content (AvgIpc) is 2.93. The summed E-state index contributed by atoms with van der Waals surface area (Å²) in [6.07, 6.45) is 0. The van der Waals surface area contributed by atoms with Gasteiger partial charge in [-0.3, -0.25) is 10.1 Å². The summed E-state index contributed by atoms with van der Waals surface area (Å²) in [6.45, 7) is 2.83. The van der Waals surface area contributed by atoms with Gasteiger partial charge < -0.3 is 14.8 Å². The first-order valence-corrected chi connectivity index (χ1v) is 6.97. The Labute approximate surface area is 124 Å². The Balaban J connectivity index is 2.09. The number of benzene rings is 1. The van der Waals surface area contributed by atoms with Crippen LogP contribution in [0.2, 0.25) is 0 Å². The molecule has 0 atom stereocenters. The number of hydrogen-bond acceptors (Lipinski definition) is 8. The molecular weight excluding hydrogens is 296 g/mol. The molecule has 112 valence electrons. The summed E-state index contributed by atoms with van der Waals surface area (Å²) in [5.74, 6) is 0.570. The molecular formula is C12H14N4O4S. The van der Waals surface area contributed by atoms with Crippen molar-refractivity contribution in [1.29, 1.82) is 0 Å². The third-order valence-electron chi connectivity index (χ3n) is 2.51. The third-order valence-corrected chi connectivity index (χ3v) is 3.36. The number of nitro groups is 1. The summed E-state index contributed by atoms with van der Waals surface area (Å²) in [4.78, 5) is 10.5. The van der Waals surface area contributed by atoms with Crippen molar-refractivity contribution in [3.63, 3.8) is 0 Å². The fourth-order valence-electron chi connectivity index (χ4n) is 1.56. The molecule has 0 radical (unpaired) electrons. The van der Waals surface area contributed by atoms with Gasteiger partial charge in [-0.1, -0.05) is 11.3 Å². The highest BCUT2D eigenvalue weighted by Gasteiger charge is 2.17. The number of anilines is 1. The lowest BCUT2D eigenvalue weighted by Gasteiger charge is -2.06. The van der Waals surface area contributed by atoms with E-state index in [1.807, 2.05) is 6.92 Å². The second kappa shape index (κ2) is 6.84. The maximum atomic E-state index is 11.0. The molecule has 0 saturated carbocycles. The van der Waals surface area contributed by atoms with E-state index in [0.29, 0.717) is 15.9 Å². The van der Waals surface area contributed by atoms with Gasteiger partial charge in [-0.2, -0.15) is 0 Å². The molecule has 0 unspecified atom stereocenters. The summed E-state index contributed by atoms with van der Waals surface area (Å²) < 4.78 is 10.4. The number of methoxy groups -OCH3 is 1. The Kier molecular flexibility index (Phi) is 4.88. The van der Waals surface area contributed by atoms with Crippen molar-refractivity contribution in [3.05, 3.63) is 33.3 Å². The molecule has 2 rings (SSSR count). The van der Waals surface area contributed by atoms with E-state index in [2.05, 4.69) is 15.5 Å². The Morgan fingerprint density at radius 1 is 1.43 bits per heavy atom. The number of hydrogen-bond donors (Lipinski definition) is 1. The second-order valence-corrected chi connectivity index (χ2v) is 4.97. The molecule has 0 saturated heterocycles. The summed E-state index contributed by atoms with van der Waals surface area (Å²) in [5, 5.41) is 23.3. The molecule has 0 spiro atoms. The zero-order valence-electron chi connectivity index (χ0n) is 11.5. The number of rotatable bonds is 7. The zero-order valence-corrected chi connectivity index (χ0v) is 12.3. The summed E-state index contributed by atoms with van der Waals surface area (Å²) >= 11 is 1.35. The molecule has 0 aliphatic carbocycles. The number of nitrogens with zero attached hydrogens (tertiary/aromatic N) is 3. The zero-order chi connectivity index (χ0) is 15.2. The topological polar surface area (TPSA) is 99.4 Å². The summed E-state index contributed by atoms with van der Waals surface area (Å²) in [6, 6.07) is 4.43. The molecule has 1 N–H and O–H groups in total. The normalized spacial score (nSPS) is 10.2. The van der Waals surface area contributed by atoms with Gasteiger partial charge in [0.2, 0.25) is 5.13 Å². The maximum absolute atomic E-state index is 11.0. The van der Waals surface area contributed by atoms with Crippen LogP contribution in [0.1, 0.15) is 11.9 Å². The molecule has 8 nitrogen and oxygen atoms in total. The van der Waals surface area contributed by atoms with E-state index in [0.717, 1.165) is 6.54 Å². The van der Waals surface area contributed by atoms with E-state index in [4.69, 9.17) is 9.47 Å². The lowest BCUT2D eigenvalue weighted by molar-refractivity contribution is -0.386. The van der Waals surface area contributed by atoms with E-state index in [9.17, 15) is 10.1 Å². The van der Waals surface area contributed by atoms with Crippen molar-refractivity contribution in [3.8, 4) is 11.5 Å². The molecule has 1 aromatic heterocycles. The van der Waals surface area contributed by atoms with Gasteiger partial charge in [0.25, 0.3) is 0 Å². The van der Waals surface area contributed by atoms with Crippen LogP contribution in [0, 0.1) is 10.1 Å². The van der Waals surface area contributed by atoms with E-state index in [-0.39, 0.29) is 18.0 Å². The van der Waals surface area contributed by atoms with Gasteiger partial charge in [-0.05, 0) is 19.1 Å². The Hall–Kier alpha value is -2.42. The van der Waals surface area contributed by atoms with Crippen molar-refractivity contribution >= 4 is 22.2 Å². The van der Waals surface area contributed by atoms with E-state index in [1.54, 1.807) is 6.07 Å². The highest BCUT2D eigenvalue weighted by atomic mass is 32.1. The van der Waals surface area contributed by atoms with Crippen molar-refractivity contribution in [2.45, 2.75) is 13.5 Å². The molecule has 0 fully saturated rings. The minimum atomic E-state index is -0.512. The third kappa shape index (κ3) is 3.78. The van der Waals surface area contributed by atoms with Gasteiger partial charge in [0.1, 0.15) is 12.4 Å². The van der Waals surface area contributed by atoms with Crippen molar-refractivity contribution in [2.24, 2.45) is 0 Å². The number of aromatic nitrogens is 2. The SMILES string of the molecule is CCNc1nnc(COc2ccc(OC)cc2[N+](=O)[O-])s1. The van der Waals surface area contributed by atoms with Crippen LogP contribution in [0.5, 0.6) is 11.5 Å². The molecule has 1 heterocycles. The smallest absolute Gasteiger partial charge is 0.314 e. The first-order chi connectivity index (χ1) is 10.1. The molecule has 2 aromatic rings. The van der Waals surface area contributed by atoms with Crippen molar-refractivity contribution < 1.29 is 14.4 Å². The largest absolute Gasteiger partial charge is 0.496 e. The molecule has 9 heteroatoms. The molecule has 0 aliphatic rings. The van der Waals surface area contributed by atoms with Gasteiger partial charge >= 0.3 is 5.69 Å². The predicted octanol–water partition coefficient (Wildman–Crippen LogP) is 2.47. The van der Waals surface area contributed by atoms with Crippen molar-refractivity contribution in [1.82, 2.24) is 10.2 Å². The fraction of sp³-hybridized carbons (Fsp3) is 0.333. The molecule has 0 aliphatic heterocycles. The number of ether oxygens (including phenoxy) is 2. The number of nitrogens with one attached hydrogen (secondary N) is 1. The summed E-state index contributed by atoms with van der Waals surface area (Å²) in [7, 11) is 1.45. The van der Waals surface area contributed by atoms with Gasteiger partial charge in [0, 0.05) is 6.54 Å². The minimum absolute atomic E-state index is 0.121. The Morgan fingerprint density at radius 2 is 2.24 bits per heavy atom. The maximum Gasteiger partial charge on any atom is 0.314 e. The van der Waals surface area contributed by atoms with Crippen LogP contribution in [0.25, 0.3) is 0 Å². The van der Waals surface area contributed by atoms with E-state index in [1.165, 1.54) is 30.6 Å². The van der Waals surface area contributed by atoms with Gasteiger partial charge in [0.05, 0.1) is 18.1 Å². The molecule has 0 bridgehead atoms. The van der Waals surface area contributed by atoms with Crippen LogP contribution in [0.15, 0.2) is 18.2 Å². The average molecular weight is 310 g/mol. The summed E-state index contributed by atoms with van der Waals surface area (Å²) in [5.41, 5.74) is -0.147. The Morgan fingerprint density at radius 3 is 2.90 bits per heavy atom. The van der Waals surface area contributed by atoms with Gasteiger partial charge in [0.15, 0.2) is 10.8 Å². The van der Waals surface area contributed by atoms with Crippen LogP contribution in [0.3, 0.4) is 0 Å². The van der Waals surface area contributed by atoms with E-state index < -0.39 is 4.92 Å². The standard InChI is InChI=1S/C12H14N4O4S/c1-3-13-12-15-14-11(21-12)7-20-10-5-4-8(19-2)6-9(10)16(17)18/h4-6H,3,7H2,1-2H3,(H,13,15). The van der Waals surface area contributed by atoms with Crippen LogP contribution < -0.4 is 14.8 Å². The van der Waals surface area contributed by atoms with E-state index >= 15 is 0 Å². The second-order valence-electron chi connectivity index (χ2n) is 3.91. The monoisotopic (exact) mass is 310 g/mol. The van der Waals surface area contributed by atoms with Crippen LogP contribution in [-0.2, 0) is 6.61 Å². The highest BCUT2D eigenvalue weighted by Crippen LogP contribution is 2.31. The minimum Gasteiger partial charge on any atom is -0.496 e. The fourth-order valence-corrected chi connectivity index (χ4v) is 2.28. The molecule has 1 aromatic carbocycles. The first-order valence-electron chi connectivity index (χ1n) is 6.15. The van der Waals surface area contributed by atoms with Gasteiger partial charge in [-0.15, -0.1) is 10.2 Å². The first kappa shape index (κ1) is 15.0. The lowest BCUT2D eigenvalue weighted by Crippen LogP contribution is -1.99. The quantitative estimate of drug-likeness (QED) is 0.619. The van der Waals surface area contributed by atoms with Crippen molar-refractivity contribution in [2.75, 3.05) is 19.0 Å². The van der Waals surface area contributed by atoms with Gasteiger partial charge in [-0.25, -0.2) is 0 Å². The number of nitro benzene ring substituents is 1. The van der Waals surface area contributed by atoms with Crippen LogP contribution >= 0.6 is 11.3 Å². The highest BCUT2D eigenvalue weighted by molar-refractivity contribution is 7.15. The van der Waals surface area contributed by atoms with Crippen LogP contribution in [0.4, 0.5) is 10.8 Å². The Bertz CT molecular complexity index is 631. The lowest BCUT2D eigenvalue weighted by atomic mass is 10.3. The van der Waals surface area contributed by atoms with Crippen LogP contribution in [-0.4, -0.2) is 28.8 Å². The predicted molar refractivity (Wildman–Crippen MR) is 78.1 cm³/mol. The molecule has 21 heavy (non-hydrogen) atoms.